The summed E-state index contributed by atoms with van der Waals surface area (Å²) in [6, 6.07) is 23.9. The molecule has 0 radical (unpaired) electrons. The molecular weight excluding hydrogens is 362 g/mol. The number of hydrogen-bond donors (Lipinski definition) is 1. The fourth-order valence-corrected chi connectivity index (χ4v) is 2.61. The third kappa shape index (κ3) is 5.64. The number of methoxy groups -OCH3 is 1. The highest BCUT2D eigenvalue weighted by Gasteiger charge is 2.09. The average Bonchev–Trinajstić information content (AvgIpc) is 2.72. The highest BCUT2D eigenvalue weighted by Crippen LogP contribution is 2.34. The number of ether oxygens (including phenoxy) is 3. The molecule has 0 fully saturated rings. The molecule has 0 atom stereocenters. The van der Waals surface area contributed by atoms with Gasteiger partial charge in [0.1, 0.15) is 19.0 Å². The summed E-state index contributed by atoms with van der Waals surface area (Å²) in [4.78, 5) is 0. The normalized spacial score (nSPS) is 10.0. The standard InChI is InChI=1S/C22H23NO3.ClH/c1-24-20-10-7-18(8-11-20)19-9-12-21(25-14-13-23)22(15-19)26-16-17-5-3-2-4-6-17;/h2-12,15H,13-14,16,23H2,1H3;1H. The Balaban J connectivity index is 0.00000261. The van der Waals surface area contributed by atoms with E-state index in [2.05, 4.69) is 0 Å². The van der Waals surface area contributed by atoms with E-state index in [1.807, 2.05) is 72.8 Å². The smallest absolute Gasteiger partial charge is 0.162 e. The maximum absolute atomic E-state index is 6.04. The summed E-state index contributed by atoms with van der Waals surface area (Å²) in [6.45, 7) is 1.38. The summed E-state index contributed by atoms with van der Waals surface area (Å²) < 4.78 is 17.0. The molecule has 2 N–H and O–H groups in total. The number of benzene rings is 3. The first kappa shape index (κ1) is 20.6. The summed E-state index contributed by atoms with van der Waals surface area (Å²) in [5, 5.41) is 0. The van der Waals surface area contributed by atoms with Gasteiger partial charge in [0.25, 0.3) is 0 Å². The molecular formula is C22H24ClNO3. The van der Waals surface area contributed by atoms with Gasteiger partial charge in [-0.15, -0.1) is 12.4 Å². The SMILES string of the molecule is COc1ccc(-c2ccc(OCCN)c(OCc3ccccc3)c2)cc1.Cl. The minimum atomic E-state index is 0. The molecule has 0 amide bonds. The van der Waals surface area contributed by atoms with Crippen molar-refractivity contribution in [2.45, 2.75) is 6.61 Å². The van der Waals surface area contributed by atoms with Crippen molar-refractivity contribution in [3.05, 3.63) is 78.4 Å². The van der Waals surface area contributed by atoms with Crippen LogP contribution < -0.4 is 19.9 Å². The average molecular weight is 386 g/mol. The monoisotopic (exact) mass is 385 g/mol. The van der Waals surface area contributed by atoms with Crippen molar-refractivity contribution < 1.29 is 14.2 Å². The predicted octanol–water partition coefficient (Wildman–Crippen LogP) is 4.70. The molecule has 0 bridgehead atoms. The molecule has 3 aromatic carbocycles. The minimum absolute atomic E-state index is 0. The molecule has 5 heteroatoms. The van der Waals surface area contributed by atoms with E-state index in [0.717, 1.165) is 22.4 Å². The fourth-order valence-electron chi connectivity index (χ4n) is 2.61. The van der Waals surface area contributed by atoms with Gasteiger partial charge in [-0.25, -0.2) is 0 Å². The second kappa shape index (κ2) is 10.5. The molecule has 0 heterocycles. The third-order valence-corrected chi connectivity index (χ3v) is 3.98. The van der Waals surface area contributed by atoms with Crippen molar-refractivity contribution in [3.63, 3.8) is 0 Å². The topological polar surface area (TPSA) is 53.7 Å². The Bertz CT molecular complexity index is 823. The first-order valence-corrected chi connectivity index (χ1v) is 8.58. The van der Waals surface area contributed by atoms with Crippen LogP contribution in [0.15, 0.2) is 72.8 Å². The van der Waals surface area contributed by atoms with Crippen molar-refractivity contribution in [1.82, 2.24) is 0 Å². The van der Waals surface area contributed by atoms with Crippen molar-refractivity contribution in [1.29, 1.82) is 0 Å². The Hall–Kier alpha value is -2.69. The number of halogens is 1. The Morgan fingerprint density at radius 1 is 0.778 bits per heavy atom. The van der Waals surface area contributed by atoms with Crippen LogP contribution in [-0.2, 0) is 6.61 Å². The van der Waals surface area contributed by atoms with E-state index in [1.165, 1.54) is 0 Å². The van der Waals surface area contributed by atoms with Gasteiger partial charge in [0.05, 0.1) is 7.11 Å². The van der Waals surface area contributed by atoms with Gasteiger partial charge in [0, 0.05) is 6.54 Å². The zero-order chi connectivity index (χ0) is 18.2. The predicted molar refractivity (Wildman–Crippen MR) is 111 cm³/mol. The van der Waals surface area contributed by atoms with Crippen molar-refractivity contribution >= 4 is 12.4 Å². The highest BCUT2D eigenvalue weighted by atomic mass is 35.5. The van der Waals surface area contributed by atoms with Crippen LogP contribution in [0.5, 0.6) is 17.2 Å². The molecule has 0 unspecified atom stereocenters. The van der Waals surface area contributed by atoms with Gasteiger partial charge in [0.2, 0.25) is 0 Å². The first-order chi connectivity index (χ1) is 12.8. The second-order valence-corrected chi connectivity index (χ2v) is 5.80. The maximum atomic E-state index is 6.04. The van der Waals surface area contributed by atoms with E-state index in [-0.39, 0.29) is 12.4 Å². The van der Waals surface area contributed by atoms with Crippen LogP contribution in [-0.4, -0.2) is 20.3 Å². The molecule has 0 saturated heterocycles. The first-order valence-electron chi connectivity index (χ1n) is 8.58. The zero-order valence-corrected chi connectivity index (χ0v) is 16.1. The van der Waals surface area contributed by atoms with E-state index in [1.54, 1.807) is 7.11 Å². The fraction of sp³-hybridized carbons (Fsp3) is 0.182. The van der Waals surface area contributed by atoms with Crippen molar-refractivity contribution in [2.24, 2.45) is 5.73 Å². The van der Waals surface area contributed by atoms with E-state index >= 15 is 0 Å². The van der Waals surface area contributed by atoms with E-state index in [0.29, 0.717) is 31.3 Å². The summed E-state index contributed by atoms with van der Waals surface area (Å²) in [5.74, 6) is 2.23. The molecule has 3 rings (SSSR count). The van der Waals surface area contributed by atoms with Crippen LogP contribution in [0.4, 0.5) is 0 Å². The summed E-state index contributed by atoms with van der Waals surface area (Å²) in [7, 11) is 1.66. The van der Waals surface area contributed by atoms with Gasteiger partial charge in [-0.2, -0.15) is 0 Å². The molecule has 0 saturated carbocycles. The number of hydrogen-bond acceptors (Lipinski definition) is 4. The van der Waals surface area contributed by atoms with Crippen LogP contribution in [0.3, 0.4) is 0 Å². The Morgan fingerprint density at radius 2 is 1.48 bits per heavy atom. The van der Waals surface area contributed by atoms with Crippen LogP contribution in [0.25, 0.3) is 11.1 Å². The Kier molecular flexibility index (Phi) is 7.99. The van der Waals surface area contributed by atoms with Crippen LogP contribution >= 0.6 is 12.4 Å². The zero-order valence-electron chi connectivity index (χ0n) is 15.3. The largest absolute Gasteiger partial charge is 0.497 e. The van der Waals surface area contributed by atoms with Gasteiger partial charge >= 0.3 is 0 Å². The summed E-state index contributed by atoms with van der Waals surface area (Å²) >= 11 is 0. The third-order valence-electron chi connectivity index (χ3n) is 3.98. The van der Waals surface area contributed by atoms with Gasteiger partial charge < -0.3 is 19.9 Å². The van der Waals surface area contributed by atoms with Gasteiger partial charge in [-0.3, -0.25) is 0 Å². The minimum Gasteiger partial charge on any atom is -0.497 e. The number of nitrogens with two attached hydrogens (primary N) is 1. The molecule has 27 heavy (non-hydrogen) atoms. The molecule has 0 aliphatic rings. The molecule has 0 aromatic heterocycles. The van der Waals surface area contributed by atoms with E-state index in [9.17, 15) is 0 Å². The lowest BCUT2D eigenvalue weighted by atomic mass is 10.0. The molecule has 4 nitrogen and oxygen atoms in total. The molecule has 0 aliphatic heterocycles. The molecule has 0 aliphatic carbocycles. The Morgan fingerprint density at radius 3 is 2.15 bits per heavy atom. The highest BCUT2D eigenvalue weighted by molar-refractivity contribution is 5.85. The quantitative estimate of drug-likeness (QED) is 0.610. The van der Waals surface area contributed by atoms with Gasteiger partial charge in [-0.1, -0.05) is 48.5 Å². The lowest BCUT2D eigenvalue weighted by Gasteiger charge is -2.14. The van der Waals surface area contributed by atoms with Gasteiger partial charge in [0.15, 0.2) is 11.5 Å². The van der Waals surface area contributed by atoms with Crippen molar-refractivity contribution in [3.8, 4) is 28.4 Å². The molecule has 0 spiro atoms. The van der Waals surface area contributed by atoms with Crippen LogP contribution in [0.1, 0.15) is 5.56 Å². The summed E-state index contributed by atoms with van der Waals surface area (Å²) in [6.07, 6.45) is 0. The maximum Gasteiger partial charge on any atom is 0.162 e. The second-order valence-electron chi connectivity index (χ2n) is 5.80. The van der Waals surface area contributed by atoms with Gasteiger partial charge in [-0.05, 0) is 41.0 Å². The molecule has 3 aromatic rings. The van der Waals surface area contributed by atoms with E-state index in [4.69, 9.17) is 19.9 Å². The molecule has 142 valence electrons. The lowest BCUT2D eigenvalue weighted by Crippen LogP contribution is -2.11. The number of rotatable bonds is 8. The van der Waals surface area contributed by atoms with Crippen LogP contribution in [0.2, 0.25) is 0 Å². The van der Waals surface area contributed by atoms with Crippen LogP contribution in [0, 0.1) is 0 Å². The Labute approximate surface area is 166 Å². The van der Waals surface area contributed by atoms with Crippen molar-refractivity contribution in [2.75, 3.05) is 20.3 Å². The van der Waals surface area contributed by atoms with E-state index < -0.39 is 0 Å². The lowest BCUT2D eigenvalue weighted by molar-refractivity contribution is 0.266. The summed E-state index contributed by atoms with van der Waals surface area (Å²) in [5.41, 5.74) is 8.80.